The zero-order valence-electron chi connectivity index (χ0n) is 7.69. The predicted octanol–water partition coefficient (Wildman–Crippen LogP) is 1.23. The van der Waals surface area contributed by atoms with Crippen molar-refractivity contribution in [3.8, 4) is 5.75 Å². The molecule has 2 aromatic rings. The molecule has 0 saturated heterocycles. The third-order valence-corrected chi connectivity index (χ3v) is 2.77. The molecule has 0 aliphatic rings. The summed E-state index contributed by atoms with van der Waals surface area (Å²) in [5.41, 5.74) is 0.368. The van der Waals surface area contributed by atoms with Crippen LogP contribution in [-0.2, 0) is 10.2 Å². The Kier molecular flexibility index (Phi) is 2.11. The molecule has 1 N–H and O–H groups in total. The van der Waals surface area contributed by atoms with Crippen LogP contribution in [0.25, 0.3) is 10.9 Å². The largest absolute Gasteiger partial charge is 0.497 e. The molecule has 0 radical (unpaired) electrons. The number of benzene rings is 1. The van der Waals surface area contributed by atoms with Crippen molar-refractivity contribution >= 4 is 21.1 Å². The second kappa shape index (κ2) is 3.20. The number of halogens is 1. The lowest BCUT2D eigenvalue weighted by atomic mass is 10.2. The van der Waals surface area contributed by atoms with Gasteiger partial charge in [0.1, 0.15) is 5.75 Å². The molecule has 0 atom stereocenters. The minimum absolute atomic E-state index is 0.178. The van der Waals surface area contributed by atoms with Gasteiger partial charge in [0.25, 0.3) is 0 Å². The number of hydrogen-bond donors (Lipinski definition) is 1. The van der Waals surface area contributed by atoms with E-state index in [2.05, 4.69) is 10.2 Å². The Morgan fingerprint density at radius 3 is 2.80 bits per heavy atom. The van der Waals surface area contributed by atoms with Gasteiger partial charge in [-0.1, -0.05) is 3.89 Å². The summed E-state index contributed by atoms with van der Waals surface area (Å²) in [5, 5.41) is 5.43. The minimum Gasteiger partial charge on any atom is -0.497 e. The Balaban J connectivity index is 2.78. The molecule has 5 nitrogen and oxygen atoms in total. The van der Waals surface area contributed by atoms with Gasteiger partial charge in [0.15, 0.2) is 5.03 Å². The van der Waals surface area contributed by atoms with Gasteiger partial charge >= 0.3 is 10.2 Å². The molecule has 0 amide bonds. The molecule has 1 heterocycles. The Morgan fingerprint density at radius 1 is 1.47 bits per heavy atom. The fourth-order valence-corrected chi connectivity index (χ4v) is 1.86. The Morgan fingerprint density at radius 2 is 2.20 bits per heavy atom. The summed E-state index contributed by atoms with van der Waals surface area (Å²) in [6.45, 7) is 0. The molecule has 0 fully saturated rings. The van der Waals surface area contributed by atoms with Crippen LogP contribution in [0.2, 0.25) is 0 Å². The van der Waals surface area contributed by atoms with Gasteiger partial charge in [-0.2, -0.15) is 13.5 Å². The highest BCUT2D eigenvalue weighted by molar-refractivity contribution is 7.86. The number of hydrogen-bond acceptors (Lipinski definition) is 4. The van der Waals surface area contributed by atoms with Gasteiger partial charge in [-0.05, 0) is 18.2 Å². The summed E-state index contributed by atoms with van der Waals surface area (Å²) >= 11 is 0. The molecule has 2 rings (SSSR count). The van der Waals surface area contributed by atoms with E-state index in [0.717, 1.165) is 0 Å². The topological polar surface area (TPSA) is 72.0 Å². The molecule has 0 bridgehead atoms. The van der Waals surface area contributed by atoms with Crippen LogP contribution in [0.15, 0.2) is 23.2 Å². The van der Waals surface area contributed by atoms with E-state index < -0.39 is 15.2 Å². The molecule has 15 heavy (non-hydrogen) atoms. The fraction of sp³-hybridized carbons (Fsp3) is 0.125. The van der Waals surface area contributed by atoms with Crippen LogP contribution in [-0.4, -0.2) is 25.7 Å². The van der Waals surface area contributed by atoms with Gasteiger partial charge < -0.3 is 4.74 Å². The normalized spacial score (nSPS) is 11.9. The average molecular weight is 230 g/mol. The third kappa shape index (κ3) is 1.65. The fourth-order valence-electron chi connectivity index (χ4n) is 1.28. The van der Waals surface area contributed by atoms with E-state index in [4.69, 9.17) is 4.74 Å². The first kappa shape index (κ1) is 9.91. The van der Waals surface area contributed by atoms with Crippen molar-refractivity contribution in [2.45, 2.75) is 5.03 Å². The maximum atomic E-state index is 12.8. The molecule has 1 aromatic carbocycles. The first-order valence-corrected chi connectivity index (χ1v) is 5.37. The number of methoxy groups -OCH3 is 1. The molecule has 0 saturated carbocycles. The smallest absolute Gasteiger partial charge is 0.349 e. The lowest BCUT2D eigenvalue weighted by molar-refractivity contribution is 0.415. The number of fused-ring (bicyclic) bond motifs is 1. The van der Waals surface area contributed by atoms with Crippen LogP contribution in [0.1, 0.15) is 0 Å². The van der Waals surface area contributed by atoms with E-state index in [9.17, 15) is 12.3 Å². The molecule has 80 valence electrons. The van der Waals surface area contributed by atoms with Crippen molar-refractivity contribution in [3.63, 3.8) is 0 Å². The third-order valence-electron chi connectivity index (χ3n) is 1.97. The van der Waals surface area contributed by atoms with Gasteiger partial charge in [0, 0.05) is 5.39 Å². The summed E-state index contributed by atoms with van der Waals surface area (Å²) in [4.78, 5) is 0. The molecule has 0 unspecified atom stereocenters. The summed E-state index contributed by atoms with van der Waals surface area (Å²) in [5.74, 6) is 0.439. The Bertz CT molecular complexity index is 605. The number of aromatic nitrogens is 2. The Hall–Kier alpha value is -1.63. The first-order valence-electron chi connectivity index (χ1n) is 3.99. The maximum absolute atomic E-state index is 12.8. The van der Waals surface area contributed by atoms with Crippen LogP contribution in [0.5, 0.6) is 5.75 Å². The zero-order chi connectivity index (χ0) is 11.1. The monoisotopic (exact) mass is 230 g/mol. The van der Waals surface area contributed by atoms with Crippen molar-refractivity contribution < 1.29 is 17.0 Å². The number of ether oxygens (including phenoxy) is 1. The van der Waals surface area contributed by atoms with Crippen LogP contribution in [0.4, 0.5) is 3.89 Å². The maximum Gasteiger partial charge on any atom is 0.349 e. The average Bonchev–Trinajstić information content (AvgIpc) is 2.59. The van der Waals surface area contributed by atoms with Crippen molar-refractivity contribution in [1.29, 1.82) is 0 Å². The number of rotatable bonds is 2. The first-order chi connectivity index (χ1) is 7.02. The second-order valence-corrected chi connectivity index (χ2v) is 4.16. The lowest BCUT2D eigenvalue weighted by Crippen LogP contribution is -1.92. The summed E-state index contributed by atoms with van der Waals surface area (Å²) < 4.78 is 39.1. The van der Waals surface area contributed by atoms with Gasteiger partial charge in [-0.25, -0.2) is 0 Å². The standard InChI is InChI=1S/C8H7FN2O3S/c1-14-5-2-3-7-6(4-5)8(11-10-7)15(9,12)13/h2-4H,1H3,(H,10,11). The highest BCUT2D eigenvalue weighted by Crippen LogP contribution is 2.25. The van der Waals surface area contributed by atoms with Gasteiger partial charge in [0.05, 0.1) is 12.6 Å². The molecule has 1 aromatic heterocycles. The summed E-state index contributed by atoms with van der Waals surface area (Å²) in [6.07, 6.45) is 0. The molecular formula is C8H7FN2O3S. The highest BCUT2D eigenvalue weighted by atomic mass is 32.3. The van der Waals surface area contributed by atoms with Crippen molar-refractivity contribution in [3.05, 3.63) is 18.2 Å². The van der Waals surface area contributed by atoms with Crippen molar-refractivity contribution in [2.24, 2.45) is 0 Å². The molecule has 0 spiro atoms. The molecular weight excluding hydrogens is 223 g/mol. The SMILES string of the molecule is COc1ccc2n[nH]c(S(=O)(=O)F)c2c1. The van der Waals surface area contributed by atoms with E-state index in [1.807, 2.05) is 0 Å². The zero-order valence-corrected chi connectivity index (χ0v) is 8.51. The van der Waals surface area contributed by atoms with Crippen LogP contribution in [0.3, 0.4) is 0 Å². The molecule has 0 aliphatic heterocycles. The number of nitrogens with one attached hydrogen (secondary N) is 1. The van der Waals surface area contributed by atoms with Gasteiger partial charge in [-0.3, -0.25) is 5.10 Å². The van der Waals surface area contributed by atoms with E-state index in [1.165, 1.54) is 13.2 Å². The quantitative estimate of drug-likeness (QED) is 0.787. The van der Waals surface area contributed by atoms with Gasteiger partial charge in [0.2, 0.25) is 0 Å². The number of H-pyrrole nitrogens is 1. The van der Waals surface area contributed by atoms with Crippen LogP contribution >= 0.6 is 0 Å². The minimum atomic E-state index is -4.78. The van der Waals surface area contributed by atoms with E-state index in [-0.39, 0.29) is 5.39 Å². The predicted molar refractivity (Wildman–Crippen MR) is 50.9 cm³/mol. The van der Waals surface area contributed by atoms with Crippen molar-refractivity contribution in [1.82, 2.24) is 10.2 Å². The number of nitrogens with zero attached hydrogens (tertiary/aromatic N) is 1. The summed E-state index contributed by atoms with van der Waals surface area (Å²) in [7, 11) is -3.35. The molecule has 7 heteroatoms. The molecule has 0 aliphatic carbocycles. The number of aromatic amines is 1. The summed E-state index contributed by atoms with van der Waals surface area (Å²) in [6, 6.07) is 4.56. The Labute approximate surface area is 85.1 Å². The van der Waals surface area contributed by atoms with E-state index in [0.29, 0.717) is 11.3 Å². The van der Waals surface area contributed by atoms with Crippen LogP contribution in [0, 0.1) is 0 Å². The van der Waals surface area contributed by atoms with Crippen LogP contribution < -0.4 is 4.74 Å². The second-order valence-electron chi connectivity index (χ2n) is 2.87. The van der Waals surface area contributed by atoms with E-state index >= 15 is 0 Å². The lowest BCUT2D eigenvalue weighted by Gasteiger charge is -1.98. The van der Waals surface area contributed by atoms with Crippen molar-refractivity contribution in [2.75, 3.05) is 7.11 Å². The van der Waals surface area contributed by atoms with E-state index in [1.54, 1.807) is 12.1 Å². The highest BCUT2D eigenvalue weighted by Gasteiger charge is 2.19. The van der Waals surface area contributed by atoms with Gasteiger partial charge in [-0.15, -0.1) is 0 Å².